The fraction of sp³-hybridized carbons (Fsp3) is 0.167. The molecule has 2 aromatic heterocycles. The Bertz CT molecular complexity index is 1010. The van der Waals surface area contributed by atoms with Crippen LogP contribution in [0.4, 0.5) is 11.6 Å². The van der Waals surface area contributed by atoms with Gasteiger partial charge in [0.2, 0.25) is 5.95 Å². The molecule has 0 aliphatic carbocycles. The molecule has 0 atom stereocenters. The lowest BCUT2D eigenvalue weighted by atomic mass is 10.1. The van der Waals surface area contributed by atoms with Crippen LogP contribution in [0.3, 0.4) is 0 Å². The smallest absolute Gasteiger partial charge is 0.215 e. The van der Waals surface area contributed by atoms with E-state index in [1.54, 1.807) is 0 Å². The summed E-state index contributed by atoms with van der Waals surface area (Å²) in [6.45, 7) is 6.11. The number of rotatable bonds is 2. The summed E-state index contributed by atoms with van der Waals surface area (Å²) in [5.41, 5.74) is 5.16. The van der Waals surface area contributed by atoms with Crippen molar-refractivity contribution in [2.45, 2.75) is 20.8 Å². The Morgan fingerprint density at radius 1 is 0.913 bits per heavy atom. The lowest BCUT2D eigenvalue weighted by Gasteiger charge is -2.11. The molecule has 0 unspecified atom stereocenters. The average molecular weight is 303 g/mol. The summed E-state index contributed by atoms with van der Waals surface area (Å²) < 4.78 is 1.96. The van der Waals surface area contributed by atoms with Crippen LogP contribution in [-0.2, 0) is 0 Å². The van der Waals surface area contributed by atoms with E-state index in [0.717, 1.165) is 34.0 Å². The van der Waals surface area contributed by atoms with Crippen molar-refractivity contribution in [1.82, 2.24) is 19.6 Å². The summed E-state index contributed by atoms with van der Waals surface area (Å²) in [6.07, 6.45) is 0. The molecule has 114 valence electrons. The molecular weight excluding hydrogens is 286 g/mol. The number of nitrogens with one attached hydrogen (secondary N) is 1. The highest BCUT2D eigenvalue weighted by Gasteiger charge is 2.12. The maximum atomic E-state index is 4.76. The molecule has 0 saturated heterocycles. The number of benzene rings is 2. The quantitative estimate of drug-likeness (QED) is 0.609. The van der Waals surface area contributed by atoms with Crippen LogP contribution in [0.15, 0.2) is 42.5 Å². The van der Waals surface area contributed by atoms with Gasteiger partial charge in [0.1, 0.15) is 5.82 Å². The molecule has 5 nitrogen and oxygen atoms in total. The number of anilines is 2. The van der Waals surface area contributed by atoms with Gasteiger partial charge < -0.3 is 5.32 Å². The lowest BCUT2D eigenvalue weighted by Crippen LogP contribution is -2.04. The molecule has 0 aliphatic rings. The molecule has 4 aromatic rings. The van der Waals surface area contributed by atoms with Gasteiger partial charge in [-0.15, -0.1) is 10.2 Å². The fourth-order valence-electron chi connectivity index (χ4n) is 2.97. The van der Waals surface area contributed by atoms with E-state index in [0.29, 0.717) is 0 Å². The number of nitrogens with zero attached hydrogens (tertiary/aromatic N) is 4. The normalized spacial score (nSPS) is 11.3. The summed E-state index contributed by atoms with van der Waals surface area (Å²) in [4.78, 5) is 4.76. The van der Waals surface area contributed by atoms with Gasteiger partial charge in [0.15, 0.2) is 5.65 Å². The minimum absolute atomic E-state index is 0.728. The van der Waals surface area contributed by atoms with Crippen LogP contribution in [-0.4, -0.2) is 19.6 Å². The first-order chi connectivity index (χ1) is 11.1. The zero-order valence-electron chi connectivity index (χ0n) is 13.3. The first-order valence-electron chi connectivity index (χ1n) is 7.57. The summed E-state index contributed by atoms with van der Waals surface area (Å²) in [5, 5.41) is 13.0. The second kappa shape index (κ2) is 5.05. The molecule has 0 spiro atoms. The van der Waals surface area contributed by atoms with E-state index in [4.69, 9.17) is 4.98 Å². The highest BCUT2D eigenvalue weighted by molar-refractivity contribution is 5.92. The van der Waals surface area contributed by atoms with Crippen LogP contribution in [0, 0.1) is 20.8 Å². The van der Waals surface area contributed by atoms with Gasteiger partial charge in [-0.25, -0.2) is 9.38 Å². The molecule has 0 fully saturated rings. The minimum atomic E-state index is 0.728. The summed E-state index contributed by atoms with van der Waals surface area (Å²) >= 11 is 0. The molecule has 1 N–H and O–H groups in total. The van der Waals surface area contributed by atoms with E-state index in [9.17, 15) is 0 Å². The topological polar surface area (TPSA) is 55.1 Å². The van der Waals surface area contributed by atoms with E-state index < -0.39 is 0 Å². The van der Waals surface area contributed by atoms with Crippen molar-refractivity contribution in [3.8, 4) is 0 Å². The van der Waals surface area contributed by atoms with E-state index >= 15 is 0 Å². The summed E-state index contributed by atoms with van der Waals surface area (Å²) in [7, 11) is 0. The average Bonchev–Trinajstić information content (AvgIpc) is 2.89. The van der Waals surface area contributed by atoms with Crippen LogP contribution >= 0.6 is 0 Å². The van der Waals surface area contributed by atoms with Crippen LogP contribution in [0.5, 0.6) is 0 Å². The summed E-state index contributed by atoms with van der Waals surface area (Å²) in [5.74, 6) is 1.54. The number of para-hydroxylation sites is 1. The highest BCUT2D eigenvalue weighted by atomic mass is 15.3. The molecule has 4 rings (SSSR count). The Morgan fingerprint density at radius 2 is 1.65 bits per heavy atom. The standard InChI is InChI=1S/C18H17N5/c1-11-8-12(2)10-14(9-11)19-18-20-16-7-5-4-6-15(16)17-22-21-13(3)23(17)18/h4-10H,1-3H3,(H,19,20). The molecule has 23 heavy (non-hydrogen) atoms. The monoisotopic (exact) mass is 303 g/mol. The van der Waals surface area contributed by atoms with Crippen LogP contribution in [0.2, 0.25) is 0 Å². The Morgan fingerprint density at radius 3 is 2.43 bits per heavy atom. The maximum absolute atomic E-state index is 4.76. The van der Waals surface area contributed by atoms with Crippen molar-refractivity contribution in [2.75, 3.05) is 5.32 Å². The molecule has 5 heteroatoms. The van der Waals surface area contributed by atoms with Crippen molar-refractivity contribution in [3.05, 3.63) is 59.4 Å². The first-order valence-corrected chi connectivity index (χ1v) is 7.57. The maximum Gasteiger partial charge on any atom is 0.215 e. The Labute approximate surface area is 134 Å². The van der Waals surface area contributed by atoms with Gasteiger partial charge in [-0.3, -0.25) is 0 Å². The second-order valence-corrected chi connectivity index (χ2v) is 5.86. The highest BCUT2D eigenvalue weighted by Crippen LogP contribution is 2.24. The fourth-order valence-corrected chi connectivity index (χ4v) is 2.97. The van der Waals surface area contributed by atoms with Crippen molar-refractivity contribution < 1.29 is 0 Å². The number of hydrogen-bond donors (Lipinski definition) is 1. The first kappa shape index (κ1) is 13.7. The molecule has 0 saturated carbocycles. The van der Waals surface area contributed by atoms with E-state index in [2.05, 4.69) is 47.6 Å². The molecule has 2 aromatic carbocycles. The number of aromatic nitrogens is 4. The molecule has 2 heterocycles. The number of aryl methyl sites for hydroxylation is 3. The van der Waals surface area contributed by atoms with Crippen LogP contribution < -0.4 is 5.32 Å². The largest absolute Gasteiger partial charge is 0.325 e. The van der Waals surface area contributed by atoms with Gasteiger partial charge in [-0.2, -0.15) is 0 Å². The second-order valence-electron chi connectivity index (χ2n) is 5.86. The molecule has 0 radical (unpaired) electrons. The predicted octanol–water partition coefficient (Wildman–Crippen LogP) is 3.95. The van der Waals surface area contributed by atoms with Gasteiger partial charge in [0.05, 0.1) is 5.52 Å². The van der Waals surface area contributed by atoms with E-state index in [-0.39, 0.29) is 0 Å². The Kier molecular flexibility index (Phi) is 3.01. The molecule has 0 aliphatic heterocycles. The van der Waals surface area contributed by atoms with E-state index in [1.807, 2.05) is 35.6 Å². The third kappa shape index (κ3) is 2.30. The SMILES string of the molecule is Cc1cc(C)cc(Nc2nc3ccccc3c3nnc(C)n23)c1. The third-order valence-electron chi connectivity index (χ3n) is 3.89. The van der Waals surface area contributed by atoms with Crippen molar-refractivity contribution in [1.29, 1.82) is 0 Å². The predicted molar refractivity (Wildman–Crippen MR) is 92.2 cm³/mol. The van der Waals surface area contributed by atoms with Gasteiger partial charge in [0, 0.05) is 11.1 Å². The molecular formula is C18H17N5. The van der Waals surface area contributed by atoms with Gasteiger partial charge >= 0.3 is 0 Å². The number of fused-ring (bicyclic) bond motifs is 3. The van der Waals surface area contributed by atoms with Gasteiger partial charge in [-0.1, -0.05) is 18.2 Å². The van der Waals surface area contributed by atoms with Crippen LogP contribution in [0.1, 0.15) is 17.0 Å². The number of hydrogen-bond acceptors (Lipinski definition) is 4. The zero-order chi connectivity index (χ0) is 16.0. The molecule has 0 amide bonds. The minimum Gasteiger partial charge on any atom is -0.325 e. The van der Waals surface area contributed by atoms with Gasteiger partial charge in [-0.05, 0) is 56.2 Å². The Hall–Kier alpha value is -2.95. The van der Waals surface area contributed by atoms with Crippen LogP contribution in [0.25, 0.3) is 16.6 Å². The zero-order valence-corrected chi connectivity index (χ0v) is 13.3. The summed E-state index contributed by atoms with van der Waals surface area (Å²) in [6, 6.07) is 14.3. The van der Waals surface area contributed by atoms with Crippen molar-refractivity contribution in [3.63, 3.8) is 0 Å². The van der Waals surface area contributed by atoms with Crippen molar-refractivity contribution in [2.24, 2.45) is 0 Å². The van der Waals surface area contributed by atoms with E-state index in [1.165, 1.54) is 11.1 Å². The van der Waals surface area contributed by atoms with Gasteiger partial charge in [0.25, 0.3) is 0 Å². The third-order valence-corrected chi connectivity index (χ3v) is 3.89. The lowest BCUT2D eigenvalue weighted by molar-refractivity contribution is 0.994. The Balaban J connectivity index is 1.95. The molecule has 0 bridgehead atoms. The van der Waals surface area contributed by atoms with Crippen molar-refractivity contribution >= 4 is 28.2 Å².